The Morgan fingerprint density at radius 3 is 2.64 bits per heavy atom. The normalized spacial score (nSPS) is 23.0. The van der Waals surface area contributed by atoms with Crippen LogP contribution in [0, 0.1) is 0 Å². The second-order valence-electron chi connectivity index (χ2n) is 3.05. The van der Waals surface area contributed by atoms with Crippen molar-refractivity contribution in [2.45, 2.75) is 20.8 Å². The lowest BCUT2D eigenvalue weighted by atomic mass is 10.1. The molecule has 0 fully saturated rings. The number of hydrogen-bond donors (Lipinski definition) is 0. The molecule has 0 amide bonds. The van der Waals surface area contributed by atoms with E-state index in [2.05, 4.69) is 32.6 Å². The molecule has 55 valence electrons. The minimum absolute atomic E-state index is 1.26. The molecule has 0 saturated heterocycles. The zero-order valence-corrected chi connectivity index (χ0v) is 7.92. The average molecular weight is 161 g/mol. The van der Waals surface area contributed by atoms with Crippen LogP contribution in [-0.2, 0) is 0 Å². The highest BCUT2D eigenvalue weighted by Gasteiger charge is 2.20. The summed E-state index contributed by atoms with van der Waals surface area (Å²) in [5.74, 6) is 3.35. The van der Waals surface area contributed by atoms with Gasteiger partial charge in [-0.1, -0.05) is 14.3 Å². The van der Waals surface area contributed by atoms with Gasteiger partial charge in [-0.05, 0) is 48.4 Å². The van der Waals surface area contributed by atoms with Crippen LogP contribution >= 0.6 is 8.20 Å². The highest BCUT2D eigenvalue weighted by atomic mass is 31.1. The van der Waals surface area contributed by atoms with Crippen molar-refractivity contribution in [1.82, 2.24) is 0 Å². The predicted molar refractivity (Wildman–Crippen MR) is 51.1 cm³/mol. The molecule has 0 N–H and O–H groups in total. The van der Waals surface area contributed by atoms with E-state index in [4.69, 9.17) is 0 Å². The van der Waals surface area contributed by atoms with Crippen LogP contribution in [0.3, 0.4) is 0 Å². The van der Waals surface area contributed by atoms with Crippen LogP contribution in [0.15, 0.2) is 33.7 Å². The van der Waals surface area contributed by atoms with Gasteiger partial charge in [0.25, 0.3) is 0 Å². The zero-order chi connectivity index (χ0) is 8.01. The second kappa shape index (κ2) is 2.19. The smallest absolute Gasteiger partial charge is 0.0224 e. The first-order chi connectivity index (χ1) is 5.20. The summed E-state index contributed by atoms with van der Waals surface area (Å²) in [6.07, 6.45) is 2.23. The summed E-state index contributed by atoms with van der Waals surface area (Å²) in [5.41, 5.74) is 5.61. The van der Waals surface area contributed by atoms with E-state index in [1.165, 1.54) is 35.8 Å². The fourth-order valence-corrected chi connectivity index (χ4v) is 2.41. The Morgan fingerprint density at radius 2 is 2.00 bits per heavy atom. The van der Waals surface area contributed by atoms with Crippen molar-refractivity contribution in [3.05, 3.63) is 33.7 Å². The van der Waals surface area contributed by atoms with E-state index in [0.717, 1.165) is 0 Å². The molecular weight excluding hydrogens is 151 g/mol. The van der Waals surface area contributed by atoms with E-state index in [-0.39, 0.29) is 0 Å². The Hall–Kier alpha value is -0.610. The zero-order valence-electron chi connectivity index (χ0n) is 7.02. The summed E-state index contributed by atoms with van der Waals surface area (Å²) in [6.45, 7) is 6.55. The van der Waals surface area contributed by atoms with E-state index in [1.807, 2.05) is 0 Å². The molecule has 2 aliphatic rings. The lowest BCUT2D eigenvalue weighted by molar-refractivity contribution is 1.36. The molecule has 0 atom stereocenters. The molecule has 0 nitrogen and oxygen atoms in total. The Kier molecular flexibility index (Phi) is 1.40. The molecular formula is C10H10P. The second-order valence-corrected chi connectivity index (χ2v) is 4.17. The van der Waals surface area contributed by atoms with Crippen LogP contribution < -0.4 is 0 Å². The van der Waals surface area contributed by atoms with Crippen LogP contribution in [0.1, 0.15) is 20.8 Å². The Labute approximate surface area is 69.1 Å². The van der Waals surface area contributed by atoms with Gasteiger partial charge in [-0.2, -0.15) is 0 Å². The van der Waals surface area contributed by atoms with Gasteiger partial charge in [0.05, 0.1) is 0 Å². The molecule has 11 heavy (non-hydrogen) atoms. The van der Waals surface area contributed by atoms with Crippen molar-refractivity contribution >= 4 is 14.0 Å². The van der Waals surface area contributed by atoms with Gasteiger partial charge in [0.15, 0.2) is 0 Å². The van der Waals surface area contributed by atoms with Gasteiger partial charge in [0.2, 0.25) is 0 Å². The van der Waals surface area contributed by atoms with Crippen LogP contribution in [0.5, 0.6) is 0 Å². The molecule has 0 saturated carbocycles. The van der Waals surface area contributed by atoms with E-state index in [1.54, 1.807) is 0 Å². The Balaban J connectivity index is 2.62. The van der Waals surface area contributed by atoms with Gasteiger partial charge in [0.1, 0.15) is 0 Å². The van der Waals surface area contributed by atoms with E-state index in [0.29, 0.717) is 0 Å². The maximum absolute atomic E-state index is 3.35. The number of hydrogen-bond acceptors (Lipinski definition) is 0. The third kappa shape index (κ3) is 0.862. The number of allylic oxidation sites excluding steroid dienone is 6. The fraction of sp³-hybridized carbons (Fsp3) is 0.300. The molecule has 1 heterocycles. The van der Waals surface area contributed by atoms with E-state index in [9.17, 15) is 0 Å². The predicted octanol–water partition coefficient (Wildman–Crippen LogP) is 3.18. The molecule has 1 aliphatic carbocycles. The SMILES string of the molecule is CC1=C(C)C2=C(C)P=[C]C2=C1. The molecule has 0 spiro atoms. The van der Waals surface area contributed by atoms with Crippen molar-refractivity contribution in [2.24, 2.45) is 0 Å². The molecule has 1 radical (unpaired) electrons. The lowest BCUT2D eigenvalue weighted by Crippen LogP contribution is -1.83. The van der Waals surface area contributed by atoms with Crippen LogP contribution in [0.4, 0.5) is 0 Å². The molecule has 1 aliphatic heterocycles. The third-order valence-electron chi connectivity index (χ3n) is 2.30. The minimum Gasteiger partial charge on any atom is -0.0629 e. The van der Waals surface area contributed by atoms with E-state index >= 15 is 0 Å². The highest BCUT2D eigenvalue weighted by molar-refractivity contribution is 7.44. The first-order valence-electron chi connectivity index (χ1n) is 3.77. The fourth-order valence-electron chi connectivity index (χ4n) is 1.55. The van der Waals surface area contributed by atoms with Gasteiger partial charge in [-0.25, -0.2) is 0 Å². The summed E-state index contributed by atoms with van der Waals surface area (Å²) in [5, 5.41) is 1.45. The summed E-state index contributed by atoms with van der Waals surface area (Å²) in [6, 6.07) is 0. The maximum atomic E-state index is 3.35. The van der Waals surface area contributed by atoms with Gasteiger partial charge in [-0.3, -0.25) is 0 Å². The average Bonchev–Trinajstić information content (AvgIpc) is 2.41. The number of fused-ring (bicyclic) bond motifs is 1. The van der Waals surface area contributed by atoms with Gasteiger partial charge in [0, 0.05) is 5.80 Å². The third-order valence-corrected chi connectivity index (χ3v) is 3.21. The standard InChI is InChI=1S/C10H10P/c1-6-4-9-5-11-8(3)10(9)7(6)2/h4H,1-3H3. The molecule has 2 rings (SSSR count). The topological polar surface area (TPSA) is 0 Å². The van der Waals surface area contributed by atoms with Crippen LogP contribution in [0.2, 0.25) is 0 Å². The van der Waals surface area contributed by atoms with Crippen molar-refractivity contribution in [1.29, 1.82) is 0 Å². The molecule has 1 heteroatoms. The van der Waals surface area contributed by atoms with Crippen molar-refractivity contribution in [2.75, 3.05) is 0 Å². The summed E-state index contributed by atoms with van der Waals surface area (Å²) in [4.78, 5) is 0. The maximum Gasteiger partial charge on any atom is 0.0224 e. The van der Waals surface area contributed by atoms with Crippen LogP contribution in [-0.4, -0.2) is 5.80 Å². The summed E-state index contributed by atoms with van der Waals surface area (Å²) >= 11 is 0. The van der Waals surface area contributed by atoms with E-state index < -0.39 is 0 Å². The van der Waals surface area contributed by atoms with Gasteiger partial charge in [-0.15, -0.1) is 0 Å². The van der Waals surface area contributed by atoms with Gasteiger partial charge >= 0.3 is 0 Å². The first kappa shape index (κ1) is 7.06. The quantitative estimate of drug-likeness (QED) is 0.478. The van der Waals surface area contributed by atoms with Crippen LogP contribution in [0.25, 0.3) is 0 Å². The molecule has 0 bridgehead atoms. The summed E-state index contributed by atoms with van der Waals surface area (Å²) in [7, 11) is 1.26. The molecule has 0 aromatic heterocycles. The Bertz CT molecular complexity index is 334. The summed E-state index contributed by atoms with van der Waals surface area (Å²) < 4.78 is 0. The van der Waals surface area contributed by atoms with Crippen molar-refractivity contribution in [3.8, 4) is 0 Å². The largest absolute Gasteiger partial charge is 0.0629 e. The minimum atomic E-state index is 1.26. The first-order valence-corrected chi connectivity index (χ1v) is 4.67. The molecule has 0 unspecified atom stereocenters. The number of rotatable bonds is 0. The lowest BCUT2D eigenvalue weighted by Gasteiger charge is -1.99. The van der Waals surface area contributed by atoms with Gasteiger partial charge < -0.3 is 0 Å². The Morgan fingerprint density at radius 1 is 1.27 bits per heavy atom. The monoisotopic (exact) mass is 161 g/mol. The molecule has 0 aromatic rings. The highest BCUT2D eigenvalue weighted by Crippen LogP contribution is 2.40. The van der Waals surface area contributed by atoms with Crippen molar-refractivity contribution in [3.63, 3.8) is 0 Å². The van der Waals surface area contributed by atoms with Crippen molar-refractivity contribution < 1.29 is 0 Å². The molecule has 0 aromatic carbocycles.